The minimum absolute atomic E-state index is 0.130. The van der Waals surface area contributed by atoms with Crippen molar-refractivity contribution in [3.05, 3.63) is 68.1 Å². The monoisotopic (exact) mass is 408 g/mol. The number of hydrogen-bond donors (Lipinski definition) is 2. The molecule has 0 unspecified atom stereocenters. The maximum absolute atomic E-state index is 12.3. The lowest BCUT2D eigenvalue weighted by Crippen LogP contribution is -2.23. The van der Waals surface area contributed by atoms with Crippen LogP contribution >= 0.6 is 23.2 Å². The second-order valence-electron chi connectivity index (χ2n) is 5.85. The molecule has 2 N–H and O–H groups in total. The Labute approximate surface area is 163 Å². The standard InChI is InChI=1S/C18H15Cl2FN4O2/c1-10-2-4-12(7-15(10)20)25-18(27)23-17(24-25)13-6-11(3-5-14(13)19)9-22-16(26)8-21/h2-7H,8-9H2,1H3,(H,22,26)(H,23,24,27). The predicted octanol–water partition coefficient (Wildman–Crippen LogP) is 3.43. The van der Waals surface area contributed by atoms with Crippen molar-refractivity contribution in [2.45, 2.75) is 13.5 Å². The van der Waals surface area contributed by atoms with Crippen LogP contribution in [0.15, 0.2) is 41.2 Å². The zero-order chi connectivity index (χ0) is 19.6. The van der Waals surface area contributed by atoms with Gasteiger partial charge >= 0.3 is 5.69 Å². The third-order valence-corrected chi connectivity index (χ3v) is 4.65. The largest absolute Gasteiger partial charge is 0.350 e. The highest BCUT2D eigenvalue weighted by atomic mass is 35.5. The van der Waals surface area contributed by atoms with E-state index >= 15 is 0 Å². The Hall–Kier alpha value is -2.64. The summed E-state index contributed by atoms with van der Waals surface area (Å²) in [7, 11) is 0. The van der Waals surface area contributed by atoms with Crippen molar-refractivity contribution in [1.82, 2.24) is 20.1 Å². The van der Waals surface area contributed by atoms with Crippen molar-refractivity contribution in [2.24, 2.45) is 0 Å². The van der Waals surface area contributed by atoms with Crippen LogP contribution in [0.5, 0.6) is 0 Å². The summed E-state index contributed by atoms with van der Waals surface area (Å²) in [5.41, 5.74) is 2.12. The van der Waals surface area contributed by atoms with Gasteiger partial charge in [0.1, 0.15) is 0 Å². The average molecular weight is 409 g/mol. The first-order valence-electron chi connectivity index (χ1n) is 7.96. The summed E-state index contributed by atoms with van der Waals surface area (Å²) in [6.07, 6.45) is 0. The van der Waals surface area contributed by atoms with Gasteiger partial charge in [0, 0.05) is 17.1 Å². The van der Waals surface area contributed by atoms with Gasteiger partial charge < -0.3 is 5.32 Å². The van der Waals surface area contributed by atoms with Gasteiger partial charge in [-0.25, -0.2) is 9.18 Å². The summed E-state index contributed by atoms with van der Waals surface area (Å²) in [6, 6.07) is 10.2. The quantitative estimate of drug-likeness (QED) is 0.678. The molecule has 0 atom stereocenters. The number of hydrogen-bond acceptors (Lipinski definition) is 3. The summed E-state index contributed by atoms with van der Waals surface area (Å²) in [4.78, 5) is 26.1. The first kappa shape index (κ1) is 19.1. The number of nitrogens with one attached hydrogen (secondary N) is 2. The zero-order valence-corrected chi connectivity index (χ0v) is 15.7. The smallest absolute Gasteiger partial charge is 0.348 e. The molecule has 0 saturated heterocycles. The zero-order valence-electron chi connectivity index (χ0n) is 14.2. The van der Waals surface area contributed by atoms with E-state index in [0.717, 1.165) is 5.56 Å². The van der Waals surface area contributed by atoms with Gasteiger partial charge in [-0.2, -0.15) is 4.68 Å². The number of alkyl halides is 1. The number of aryl methyl sites for hydroxylation is 1. The topological polar surface area (TPSA) is 79.8 Å². The highest BCUT2D eigenvalue weighted by Crippen LogP contribution is 2.26. The molecule has 0 aliphatic carbocycles. The Bertz CT molecular complexity index is 1060. The SMILES string of the molecule is Cc1ccc(-n2nc(-c3cc(CNC(=O)CF)ccc3Cl)[nH]c2=O)cc1Cl. The van der Waals surface area contributed by atoms with E-state index in [1.165, 1.54) is 4.68 Å². The molecule has 1 aromatic heterocycles. The van der Waals surface area contributed by atoms with E-state index in [1.807, 2.05) is 6.92 Å². The van der Waals surface area contributed by atoms with Crippen LogP contribution in [0.3, 0.4) is 0 Å². The number of carbonyl (C=O) groups excluding carboxylic acids is 1. The molecule has 9 heteroatoms. The number of aromatic amines is 1. The van der Waals surface area contributed by atoms with Gasteiger partial charge in [0.15, 0.2) is 12.5 Å². The predicted molar refractivity (Wildman–Crippen MR) is 102 cm³/mol. The molecule has 0 aliphatic rings. The molecule has 0 saturated carbocycles. The van der Waals surface area contributed by atoms with Crippen LogP contribution in [-0.4, -0.2) is 27.3 Å². The molecule has 2 aromatic carbocycles. The first-order valence-corrected chi connectivity index (χ1v) is 8.72. The molecule has 27 heavy (non-hydrogen) atoms. The Morgan fingerprint density at radius 3 is 2.70 bits per heavy atom. The van der Waals surface area contributed by atoms with Crippen molar-refractivity contribution in [3.8, 4) is 17.1 Å². The molecule has 0 fully saturated rings. The maximum atomic E-state index is 12.3. The fourth-order valence-corrected chi connectivity index (χ4v) is 2.83. The van der Waals surface area contributed by atoms with Crippen LogP contribution < -0.4 is 11.0 Å². The Kier molecular flexibility index (Phi) is 5.62. The summed E-state index contributed by atoms with van der Waals surface area (Å²) < 4.78 is 13.5. The molecule has 6 nitrogen and oxygen atoms in total. The van der Waals surface area contributed by atoms with Crippen LogP contribution in [0.2, 0.25) is 10.0 Å². The average Bonchev–Trinajstić information content (AvgIpc) is 3.04. The van der Waals surface area contributed by atoms with Crippen LogP contribution in [-0.2, 0) is 11.3 Å². The molecule has 0 bridgehead atoms. The molecular weight excluding hydrogens is 394 g/mol. The molecule has 0 aliphatic heterocycles. The van der Waals surface area contributed by atoms with E-state index in [1.54, 1.807) is 36.4 Å². The Morgan fingerprint density at radius 2 is 2.00 bits per heavy atom. The lowest BCUT2D eigenvalue weighted by atomic mass is 10.1. The van der Waals surface area contributed by atoms with Gasteiger partial charge in [0.05, 0.1) is 10.7 Å². The fraction of sp³-hybridized carbons (Fsp3) is 0.167. The minimum atomic E-state index is -1.09. The van der Waals surface area contributed by atoms with E-state index in [2.05, 4.69) is 15.4 Å². The summed E-state index contributed by atoms with van der Waals surface area (Å²) in [6.45, 7) is 0.903. The third kappa shape index (κ3) is 4.20. The lowest BCUT2D eigenvalue weighted by molar-refractivity contribution is -0.122. The van der Waals surface area contributed by atoms with Crippen molar-refractivity contribution in [3.63, 3.8) is 0 Å². The molecule has 3 aromatic rings. The van der Waals surface area contributed by atoms with Crippen molar-refractivity contribution < 1.29 is 9.18 Å². The number of benzene rings is 2. The van der Waals surface area contributed by atoms with Crippen molar-refractivity contribution in [2.75, 3.05) is 6.67 Å². The van der Waals surface area contributed by atoms with Gasteiger partial charge in [-0.1, -0.05) is 35.3 Å². The number of halogens is 3. The maximum Gasteiger partial charge on any atom is 0.348 e. The highest BCUT2D eigenvalue weighted by molar-refractivity contribution is 6.33. The van der Waals surface area contributed by atoms with E-state index in [-0.39, 0.29) is 12.4 Å². The summed E-state index contributed by atoms with van der Waals surface area (Å²) >= 11 is 12.4. The first-order chi connectivity index (χ1) is 12.9. The normalized spacial score (nSPS) is 10.8. The van der Waals surface area contributed by atoms with Gasteiger partial charge in [0.2, 0.25) is 0 Å². The Morgan fingerprint density at radius 1 is 1.22 bits per heavy atom. The lowest BCUT2D eigenvalue weighted by Gasteiger charge is -2.06. The molecular formula is C18H15Cl2FN4O2. The second-order valence-corrected chi connectivity index (χ2v) is 6.66. The molecule has 1 heterocycles. The molecule has 3 rings (SSSR count). The van der Waals surface area contributed by atoms with Gasteiger partial charge in [-0.05, 0) is 42.3 Å². The van der Waals surface area contributed by atoms with Crippen LogP contribution in [0, 0.1) is 6.92 Å². The van der Waals surface area contributed by atoms with Crippen LogP contribution in [0.4, 0.5) is 4.39 Å². The van der Waals surface area contributed by atoms with E-state index in [9.17, 15) is 14.0 Å². The molecule has 0 radical (unpaired) electrons. The van der Waals surface area contributed by atoms with Crippen molar-refractivity contribution >= 4 is 29.1 Å². The number of nitrogens with zero attached hydrogens (tertiary/aromatic N) is 2. The number of carbonyl (C=O) groups is 1. The summed E-state index contributed by atoms with van der Waals surface area (Å²) in [5.74, 6) is -0.444. The van der Waals surface area contributed by atoms with Crippen LogP contribution in [0.1, 0.15) is 11.1 Å². The van der Waals surface area contributed by atoms with Gasteiger partial charge in [0.25, 0.3) is 5.91 Å². The Balaban J connectivity index is 1.96. The number of rotatable bonds is 5. The summed E-state index contributed by atoms with van der Waals surface area (Å²) in [5, 5.41) is 7.62. The van der Waals surface area contributed by atoms with Gasteiger partial charge in [-0.15, -0.1) is 5.10 Å². The highest BCUT2D eigenvalue weighted by Gasteiger charge is 2.14. The van der Waals surface area contributed by atoms with E-state index in [4.69, 9.17) is 23.2 Å². The number of amides is 1. The van der Waals surface area contributed by atoms with Crippen LogP contribution in [0.25, 0.3) is 17.1 Å². The minimum Gasteiger partial charge on any atom is -0.350 e. The number of aromatic nitrogens is 3. The molecule has 1 amide bonds. The van der Waals surface area contributed by atoms with Gasteiger partial charge in [-0.3, -0.25) is 9.78 Å². The third-order valence-electron chi connectivity index (χ3n) is 3.91. The molecule has 0 spiro atoms. The second kappa shape index (κ2) is 7.94. The van der Waals surface area contributed by atoms with E-state index < -0.39 is 18.3 Å². The fourth-order valence-electron chi connectivity index (χ4n) is 2.45. The number of H-pyrrole nitrogens is 1. The molecule has 140 valence electrons. The van der Waals surface area contributed by atoms with E-state index in [0.29, 0.717) is 26.9 Å². The van der Waals surface area contributed by atoms with Crippen molar-refractivity contribution in [1.29, 1.82) is 0 Å².